The van der Waals surface area contributed by atoms with Crippen LogP contribution in [-0.4, -0.2) is 18.5 Å². The van der Waals surface area contributed by atoms with Crippen molar-refractivity contribution >= 4 is 21.6 Å². The van der Waals surface area contributed by atoms with Crippen LogP contribution in [0, 0.1) is 5.92 Å². The summed E-state index contributed by atoms with van der Waals surface area (Å²) in [5, 5.41) is 0. The minimum absolute atomic E-state index is 0.847. The molecule has 2 rings (SSSR count). The van der Waals surface area contributed by atoms with Crippen LogP contribution < -0.4 is 5.73 Å². The van der Waals surface area contributed by atoms with Crippen LogP contribution >= 0.6 is 15.9 Å². The van der Waals surface area contributed by atoms with Gasteiger partial charge < -0.3 is 10.6 Å². The molecule has 0 unspecified atom stereocenters. The number of nitrogens with two attached hydrogens (primary N) is 1. The Bertz CT molecular complexity index is 386. The lowest BCUT2D eigenvalue weighted by Crippen LogP contribution is -2.26. The van der Waals surface area contributed by atoms with Gasteiger partial charge in [-0.1, -0.05) is 35.2 Å². The van der Waals surface area contributed by atoms with Gasteiger partial charge in [0.25, 0.3) is 0 Å². The first-order valence-corrected chi connectivity index (χ1v) is 7.67. The van der Waals surface area contributed by atoms with E-state index in [-0.39, 0.29) is 0 Å². The van der Waals surface area contributed by atoms with Crippen LogP contribution in [0.4, 0.5) is 5.69 Å². The molecule has 3 heteroatoms. The average Bonchev–Trinajstić information content (AvgIpc) is 2.35. The van der Waals surface area contributed by atoms with E-state index >= 15 is 0 Å². The monoisotopic (exact) mass is 310 g/mol. The summed E-state index contributed by atoms with van der Waals surface area (Å²) < 4.78 is 1.16. The van der Waals surface area contributed by atoms with E-state index in [0.29, 0.717) is 0 Å². The summed E-state index contributed by atoms with van der Waals surface area (Å²) in [6.45, 7) is 2.18. The molecular formula is C15H23BrN2. The van der Waals surface area contributed by atoms with E-state index in [1.807, 2.05) is 12.1 Å². The second-order valence-corrected chi connectivity index (χ2v) is 6.41. The molecule has 0 heterocycles. The van der Waals surface area contributed by atoms with E-state index < -0.39 is 0 Å². The Morgan fingerprint density at radius 2 is 2.00 bits per heavy atom. The third-order valence-electron chi connectivity index (χ3n) is 3.80. The van der Waals surface area contributed by atoms with E-state index in [0.717, 1.165) is 22.6 Å². The number of anilines is 1. The first kappa shape index (κ1) is 13.9. The number of nitrogen functional groups attached to an aromatic ring is 1. The van der Waals surface area contributed by atoms with Crippen molar-refractivity contribution in [1.29, 1.82) is 0 Å². The van der Waals surface area contributed by atoms with Crippen molar-refractivity contribution in [1.82, 2.24) is 4.90 Å². The molecule has 2 N–H and O–H groups in total. The van der Waals surface area contributed by atoms with E-state index in [2.05, 4.69) is 33.9 Å². The largest absolute Gasteiger partial charge is 0.399 e. The molecule has 0 atom stereocenters. The Morgan fingerprint density at radius 1 is 1.28 bits per heavy atom. The topological polar surface area (TPSA) is 29.3 Å². The van der Waals surface area contributed by atoms with Crippen LogP contribution in [0.3, 0.4) is 0 Å². The molecule has 0 amide bonds. The Morgan fingerprint density at radius 3 is 2.72 bits per heavy atom. The normalized spacial score (nSPS) is 17.3. The zero-order valence-electron chi connectivity index (χ0n) is 11.2. The van der Waals surface area contributed by atoms with Gasteiger partial charge in [0.2, 0.25) is 0 Å². The number of hydrogen-bond donors (Lipinski definition) is 1. The fraction of sp³-hybridized carbons (Fsp3) is 0.600. The maximum absolute atomic E-state index is 5.85. The van der Waals surface area contributed by atoms with E-state index in [1.54, 1.807) is 0 Å². The Hall–Kier alpha value is -0.540. The highest BCUT2D eigenvalue weighted by molar-refractivity contribution is 9.10. The number of nitrogens with zero attached hydrogens (tertiary/aromatic N) is 1. The average molecular weight is 311 g/mol. The fourth-order valence-electron chi connectivity index (χ4n) is 2.88. The van der Waals surface area contributed by atoms with Crippen molar-refractivity contribution in [3.8, 4) is 0 Å². The minimum atomic E-state index is 0.847. The van der Waals surface area contributed by atoms with E-state index in [4.69, 9.17) is 5.73 Å². The third-order valence-corrected chi connectivity index (χ3v) is 4.58. The molecule has 0 aromatic heterocycles. The van der Waals surface area contributed by atoms with Crippen LogP contribution in [-0.2, 0) is 6.54 Å². The van der Waals surface area contributed by atoms with Crippen LogP contribution in [0.15, 0.2) is 22.7 Å². The van der Waals surface area contributed by atoms with Gasteiger partial charge in [-0.25, -0.2) is 0 Å². The molecule has 0 radical (unpaired) electrons. The van der Waals surface area contributed by atoms with Crippen molar-refractivity contribution in [2.24, 2.45) is 5.92 Å². The summed E-state index contributed by atoms with van der Waals surface area (Å²) in [6, 6.07) is 6.05. The standard InChI is InChI=1S/C15H23BrN2/c1-18(10-12-5-3-2-4-6-12)11-13-9-14(17)7-8-15(13)16/h7-9,12H,2-6,10-11,17H2,1H3. The van der Waals surface area contributed by atoms with Crippen molar-refractivity contribution in [3.05, 3.63) is 28.2 Å². The van der Waals surface area contributed by atoms with Crippen molar-refractivity contribution in [2.45, 2.75) is 38.6 Å². The predicted molar refractivity (Wildman–Crippen MR) is 81.5 cm³/mol. The summed E-state index contributed by atoms with van der Waals surface area (Å²) in [7, 11) is 2.21. The molecule has 0 saturated heterocycles. The second kappa shape index (κ2) is 6.58. The molecule has 1 aliphatic rings. The summed E-state index contributed by atoms with van der Waals surface area (Å²) in [6.07, 6.45) is 7.08. The molecular weight excluding hydrogens is 288 g/mol. The zero-order chi connectivity index (χ0) is 13.0. The first-order valence-electron chi connectivity index (χ1n) is 6.87. The Balaban J connectivity index is 1.89. The molecule has 1 aromatic carbocycles. The highest BCUT2D eigenvalue weighted by Crippen LogP contribution is 2.26. The molecule has 1 aromatic rings. The fourth-order valence-corrected chi connectivity index (χ4v) is 3.25. The van der Waals surface area contributed by atoms with Crippen molar-refractivity contribution in [2.75, 3.05) is 19.3 Å². The maximum atomic E-state index is 5.85. The van der Waals surface area contributed by atoms with Crippen molar-refractivity contribution < 1.29 is 0 Å². The summed E-state index contributed by atoms with van der Waals surface area (Å²) in [5.41, 5.74) is 7.98. The highest BCUT2D eigenvalue weighted by Gasteiger charge is 2.15. The molecule has 0 spiro atoms. The van der Waals surface area contributed by atoms with Gasteiger partial charge in [-0.15, -0.1) is 0 Å². The smallest absolute Gasteiger partial charge is 0.0318 e. The molecule has 0 bridgehead atoms. The zero-order valence-corrected chi connectivity index (χ0v) is 12.7. The molecule has 2 nitrogen and oxygen atoms in total. The number of hydrogen-bond acceptors (Lipinski definition) is 2. The summed E-state index contributed by atoms with van der Waals surface area (Å²) in [5.74, 6) is 0.892. The van der Waals surface area contributed by atoms with Gasteiger partial charge in [0.15, 0.2) is 0 Å². The van der Waals surface area contributed by atoms with Gasteiger partial charge in [0.1, 0.15) is 0 Å². The SMILES string of the molecule is CN(Cc1cc(N)ccc1Br)CC1CCCCC1. The maximum Gasteiger partial charge on any atom is 0.0318 e. The molecule has 100 valence electrons. The molecule has 0 aliphatic heterocycles. The summed E-state index contributed by atoms with van der Waals surface area (Å²) >= 11 is 3.60. The lowest BCUT2D eigenvalue weighted by atomic mass is 9.89. The lowest BCUT2D eigenvalue weighted by molar-refractivity contribution is 0.228. The van der Waals surface area contributed by atoms with Crippen molar-refractivity contribution in [3.63, 3.8) is 0 Å². The van der Waals surface area contributed by atoms with Gasteiger partial charge in [-0.2, -0.15) is 0 Å². The number of rotatable bonds is 4. The Labute approximate surface area is 119 Å². The van der Waals surface area contributed by atoms with Gasteiger partial charge in [0, 0.05) is 23.2 Å². The second-order valence-electron chi connectivity index (χ2n) is 5.55. The van der Waals surface area contributed by atoms with Crippen LogP contribution in [0.1, 0.15) is 37.7 Å². The van der Waals surface area contributed by atoms with E-state index in [1.165, 1.54) is 44.2 Å². The predicted octanol–water partition coefficient (Wildman–Crippen LogP) is 4.04. The van der Waals surface area contributed by atoms with Gasteiger partial charge in [-0.05, 0) is 49.6 Å². The van der Waals surface area contributed by atoms with Crippen LogP contribution in [0.2, 0.25) is 0 Å². The number of benzene rings is 1. The summed E-state index contributed by atoms with van der Waals surface area (Å²) in [4.78, 5) is 2.43. The Kier molecular flexibility index (Phi) is 5.07. The first-order chi connectivity index (χ1) is 8.65. The molecule has 1 fully saturated rings. The third kappa shape index (κ3) is 3.99. The van der Waals surface area contributed by atoms with Crippen LogP contribution in [0.5, 0.6) is 0 Å². The molecule has 1 aliphatic carbocycles. The molecule has 1 saturated carbocycles. The highest BCUT2D eigenvalue weighted by atomic mass is 79.9. The lowest BCUT2D eigenvalue weighted by Gasteiger charge is -2.27. The van der Waals surface area contributed by atoms with Gasteiger partial charge in [-0.3, -0.25) is 0 Å². The van der Waals surface area contributed by atoms with E-state index in [9.17, 15) is 0 Å². The van der Waals surface area contributed by atoms with Crippen LogP contribution in [0.25, 0.3) is 0 Å². The van der Waals surface area contributed by atoms with Gasteiger partial charge in [0.05, 0.1) is 0 Å². The minimum Gasteiger partial charge on any atom is -0.399 e. The van der Waals surface area contributed by atoms with Gasteiger partial charge >= 0.3 is 0 Å². The number of halogens is 1. The molecule has 18 heavy (non-hydrogen) atoms. The quantitative estimate of drug-likeness (QED) is 0.850.